The van der Waals surface area contributed by atoms with Gasteiger partial charge in [0.25, 0.3) is 5.89 Å². The minimum Gasteiger partial charge on any atom is -0.481 e. The molecule has 2 heterocycles. The molecule has 0 radical (unpaired) electrons. The number of piperidine rings is 1. The number of ether oxygens (including phenoxy) is 1. The number of hydrogen-bond donors (Lipinski definition) is 2. The summed E-state index contributed by atoms with van der Waals surface area (Å²) in [6, 6.07) is 14.0. The molecule has 236 valence electrons. The van der Waals surface area contributed by atoms with Gasteiger partial charge in [0.15, 0.2) is 0 Å². The average molecular weight is 613 g/mol. The molecule has 0 spiro atoms. The van der Waals surface area contributed by atoms with E-state index in [2.05, 4.69) is 41.0 Å². The van der Waals surface area contributed by atoms with Gasteiger partial charge in [0.05, 0.1) is 5.41 Å². The Labute approximate surface area is 262 Å². The van der Waals surface area contributed by atoms with Crippen molar-refractivity contribution in [3.8, 4) is 22.8 Å². The van der Waals surface area contributed by atoms with E-state index in [9.17, 15) is 9.90 Å². The maximum absolute atomic E-state index is 12.1. The second-order valence-electron chi connectivity index (χ2n) is 13.2. The van der Waals surface area contributed by atoms with Crippen LogP contribution < -0.4 is 5.73 Å². The molecule has 3 aromatic rings. The van der Waals surface area contributed by atoms with Crippen molar-refractivity contribution in [1.29, 1.82) is 0 Å². The predicted octanol–water partition coefficient (Wildman–Crippen LogP) is 7.48. The number of aliphatic carboxylic acids is 1. The zero-order valence-electron chi connectivity index (χ0n) is 26.7. The lowest BCUT2D eigenvalue weighted by Gasteiger charge is -2.39. The number of nitrogens with zero attached hydrogens (tertiary/aromatic N) is 3. The maximum atomic E-state index is 12.1. The monoisotopic (exact) mass is 612 g/mol. The molecule has 0 amide bonds. The summed E-state index contributed by atoms with van der Waals surface area (Å²) in [4.78, 5) is 19.0. The molecule has 1 aliphatic heterocycles. The van der Waals surface area contributed by atoms with Gasteiger partial charge in [-0.3, -0.25) is 9.69 Å². The number of methoxy groups -OCH3 is 1. The third-order valence-electron chi connectivity index (χ3n) is 7.49. The van der Waals surface area contributed by atoms with E-state index in [4.69, 9.17) is 26.6 Å². The molecule has 4 rings (SSSR count). The van der Waals surface area contributed by atoms with Gasteiger partial charge in [0, 0.05) is 41.9 Å². The average Bonchev–Trinajstić information content (AvgIpc) is 3.43. The van der Waals surface area contributed by atoms with Crippen LogP contribution in [0.1, 0.15) is 77.8 Å². The van der Waals surface area contributed by atoms with Gasteiger partial charge in [0.1, 0.15) is 0 Å². The molecule has 8 nitrogen and oxygen atoms in total. The molecule has 1 aliphatic rings. The summed E-state index contributed by atoms with van der Waals surface area (Å²) < 4.78 is 10.6. The molecular formula is C34H49ClN4O4. The normalized spacial score (nSPS) is 15.3. The lowest BCUT2D eigenvalue weighted by atomic mass is 9.74. The fourth-order valence-electron chi connectivity index (χ4n) is 5.18. The van der Waals surface area contributed by atoms with Crippen molar-refractivity contribution in [2.24, 2.45) is 17.1 Å². The lowest BCUT2D eigenvalue weighted by Crippen LogP contribution is -2.44. The quantitative estimate of drug-likeness (QED) is 0.202. The van der Waals surface area contributed by atoms with Crippen LogP contribution in [0.2, 0.25) is 5.02 Å². The van der Waals surface area contributed by atoms with Crippen molar-refractivity contribution < 1.29 is 19.2 Å². The number of aromatic nitrogens is 2. The van der Waals surface area contributed by atoms with Gasteiger partial charge in [-0.05, 0) is 95.1 Å². The van der Waals surface area contributed by atoms with Crippen LogP contribution in [-0.2, 0) is 22.5 Å². The number of carbonyl (C=O) groups is 1. The Morgan fingerprint density at radius 2 is 1.74 bits per heavy atom. The van der Waals surface area contributed by atoms with Gasteiger partial charge < -0.3 is 20.1 Å². The summed E-state index contributed by atoms with van der Waals surface area (Å²) >= 11 is 6.48. The molecule has 1 saturated heterocycles. The van der Waals surface area contributed by atoms with E-state index in [1.165, 1.54) is 5.56 Å². The highest BCUT2D eigenvalue weighted by Gasteiger charge is 2.40. The molecule has 0 unspecified atom stereocenters. The standard InChI is InChI=1S/C30H38ClN3O4.C4H11N/c1-21(2)18-24-10-11-25(19-26(24)31)28-32-27(33-38-28)23-8-6-22(7-9-23)20-34-15-13-30(14-16-34,29(35)36)12-4-5-17-37-3;1-4(2,3)5/h6-11,19,21H,4-5,12-18,20H2,1-3H3,(H,35,36);5H2,1-3H3. The van der Waals surface area contributed by atoms with Gasteiger partial charge in [-0.25, -0.2) is 0 Å². The van der Waals surface area contributed by atoms with Crippen LogP contribution in [0, 0.1) is 11.3 Å². The van der Waals surface area contributed by atoms with E-state index in [1.54, 1.807) is 7.11 Å². The third-order valence-corrected chi connectivity index (χ3v) is 7.85. The van der Waals surface area contributed by atoms with E-state index < -0.39 is 11.4 Å². The van der Waals surface area contributed by atoms with Gasteiger partial charge in [-0.2, -0.15) is 4.98 Å². The molecule has 0 saturated carbocycles. The second-order valence-corrected chi connectivity index (χ2v) is 13.6. The number of carboxylic acids is 1. The summed E-state index contributed by atoms with van der Waals surface area (Å²) in [6.07, 6.45) is 4.79. The Morgan fingerprint density at radius 1 is 1.12 bits per heavy atom. The number of nitrogens with two attached hydrogens (primary N) is 1. The van der Waals surface area contributed by atoms with E-state index in [-0.39, 0.29) is 5.54 Å². The third kappa shape index (κ3) is 11.0. The molecule has 1 fully saturated rings. The highest BCUT2D eigenvalue weighted by molar-refractivity contribution is 6.31. The van der Waals surface area contributed by atoms with Gasteiger partial charge in [-0.1, -0.05) is 67.4 Å². The molecule has 0 bridgehead atoms. The minimum absolute atomic E-state index is 0. The van der Waals surface area contributed by atoms with Crippen LogP contribution >= 0.6 is 11.6 Å². The van der Waals surface area contributed by atoms with E-state index in [0.29, 0.717) is 42.1 Å². The SMILES string of the molecule is CC(C)(C)N.COCCCCC1(C(=O)O)CCN(Cc2ccc(-c3noc(-c4ccc(CC(C)C)c(Cl)c4)n3)cc2)CC1. The summed E-state index contributed by atoms with van der Waals surface area (Å²) in [5.41, 5.74) is 8.72. The van der Waals surface area contributed by atoms with Crippen molar-refractivity contribution in [2.45, 2.75) is 85.2 Å². The van der Waals surface area contributed by atoms with Crippen LogP contribution in [0.15, 0.2) is 47.0 Å². The fraction of sp³-hybridized carbons (Fsp3) is 0.559. The summed E-state index contributed by atoms with van der Waals surface area (Å²) in [7, 11) is 1.68. The summed E-state index contributed by atoms with van der Waals surface area (Å²) in [6.45, 7) is 13.3. The smallest absolute Gasteiger partial charge is 0.309 e. The van der Waals surface area contributed by atoms with Crippen molar-refractivity contribution in [1.82, 2.24) is 15.0 Å². The van der Waals surface area contributed by atoms with Crippen molar-refractivity contribution in [3.63, 3.8) is 0 Å². The first-order chi connectivity index (χ1) is 20.3. The lowest BCUT2D eigenvalue weighted by molar-refractivity contribution is -0.153. The fourth-order valence-corrected chi connectivity index (χ4v) is 5.44. The first-order valence-corrected chi connectivity index (χ1v) is 15.6. The molecule has 43 heavy (non-hydrogen) atoms. The van der Waals surface area contributed by atoms with Crippen molar-refractivity contribution in [2.75, 3.05) is 26.8 Å². The Bertz CT molecular complexity index is 1290. The molecular weight excluding hydrogens is 564 g/mol. The Balaban J connectivity index is 0.000000934. The predicted molar refractivity (Wildman–Crippen MR) is 173 cm³/mol. The molecule has 3 N–H and O–H groups in total. The van der Waals surface area contributed by atoms with E-state index >= 15 is 0 Å². The second kappa shape index (κ2) is 15.8. The Kier molecular flexibility index (Phi) is 12.8. The van der Waals surface area contributed by atoms with Crippen LogP contribution in [0.5, 0.6) is 0 Å². The topological polar surface area (TPSA) is 115 Å². The van der Waals surface area contributed by atoms with Gasteiger partial charge >= 0.3 is 5.97 Å². The number of carboxylic acid groups (broad SMARTS) is 1. The summed E-state index contributed by atoms with van der Waals surface area (Å²) in [5.74, 6) is 0.846. The number of halogens is 1. The molecule has 9 heteroatoms. The highest BCUT2D eigenvalue weighted by Crippen LogP contribution is 2.37. The van der Waals surface area contributed by atoms with Crippen molar-refractivity contribution >= 4 is 17.6 Å². The minimum atomic E-state index is -0.660. The van der Waals surface area contributed by atoms with E-state index in [1.807, 2.05) is 51.1 Å². The molecule has 0 aliphatic carbocycles. The van der Waals surface area contributed by atoms with Crippen LogP contribution in [0.25, 0.3) is 22.8 Å². The number of likely N-dealkylation sites (tertiary alicyclic amines) is 1. The maximum Gasteiger partial charge on any atom is 0.309 e. The number of hydrogen-bond acceptors (Lipinski definition) is 7. The van der Waals surface area contributed by atoms with Crippen LogP contribution in [0.4, 0.5) is 0 Å². The molecule has 1 aromatic heterocycles. The van der Waals surface area contributed by atoms with Gasteiger partial charge in [-0.15, -0.1) is 0 Å². The Hall–Kier alpha value is -2.78. The molecule has 0 atom stereocenters. The zero-order valence-corrected chi connectivity index (χ0v) is 27.4. The number of rotatable bonds is 12. The number of benzene rings is 2. The summed E-state index contributed by atoms with van der Waals surface area (Å²) in [5, 5.41) is 14.8. The van der Waals surface area contributed by atoms with Crippen LogP contribution in [-0.4, -0.2) is 58.5 Å². The highest BCUT2D eigenvalue weighted by atomic mass is 35.5. The zero-order chi connectivity index (χ0) is 31.6. The Morgan fingerprint density at radius 3 is 2.30 bits per heavy atom. The van der Waals surface area contributed by atoms with Gasteiger partial charge in [0.2, 0.25) is 5.82 Å². The molecule has 2 aromatic carbocycles. The number of unbranched alkanes of at least 4 members (excludes halogenated alkanes) is 1. The van der Waals surface area contributed by atoms with Crippen molar-refractivity contribution in [3.05, 3.63) is 58.6 Å². The van der Waals surface area contributed by atoms with E-state index in [0.717, 1.165) is 62.0 Å². The largest absolute Gasteiger partial charge is 0.481 e. The first kappa shape index (κ1) is 34.7. The van der Waals surface area contributed by atoms with Crippen LogP contribution in [0.3, 0.4) is 0 Å². The first-order valence-electron chi connectivity index (χ1n) is 15.2.